The number of nitrogens with two attached hydrogens (primary N) is 1. The Morgan fingerprint density at radius 2 is 1.32 bits per heavy atom. The summed E-state index contributed by atoms with van der Waals surface area (Å²) in [5.74, 6) is -0.00646. The van der Waals surface area contributed by atoms with Gasteiger partial charge in [0.15, 0.2) is 0 Å². The topological polar surface area (TPSA) is 340 Å². The molecule has 3 aromatic carbocycles. The molecule has 2 saturated heterocycles. The molecule has 6 heterocycles. The summed E-state index contributed by atoms with van der Waals surface area (Å²) in [6.07, 6.45) is 10.2. The zero-order chi connectivity index (χ0) is 69.4. The molecular formula is C66H91FN16O13S2. The van der Waals surface area contributed by atoms with E-state index < -0.39 is 21.8 Å². The highest BCUT2D eigenvalue weighted by Gasteiger charge is 2.42. The van der Waals surface area contributed by atoms with Crippen LogP contribution in [0.15, 0.2) is 94.7 Å². The Morgan fingerprint density at radius 1 is 0.724 bits per heavy atom. The van der Waals surface area contributed by atoms with E-state index in [-0.39, 0.29) is 72.3 Å². The molecule has 98 heavy (non-hydrogen) atoms. The highest BCUT2D eigenvalue weighted by Crippen LogP contribution is 2.38. The second kappa shape index (κ2) is 37.3. The van der Waals surface area contributed by atoms with Crippen LogP contribution in [0, 0.1) is 6.92 Å². The van der Waals surface area contributed by atoms with E-state index in [1.165, 1.54) is 26.2 Å². The molecule has 2 aliphatic rings. The summed E-state index contributed by atoms with van der Waals surface area (Å²) in [4.78, 5) is 64.9. The number of nitrogens with one attached hydrogen (secondary N) is 5. The summed E-state index contributed by atoms with van der Waals surface area (Å²) in [5.41, 5.74) is 10.3. The molecule has 32 heteroatoms. The smallest absolute Gasteiger partial charge is 0.329 e. The van der Waals surface area contributed by atoms with Crippen molar-refractivity contribution in [3.05, 3.63) is 118 Å². The predicted molar refractivity (Wildman–Crippen MR) is 368 cm³/mol. The largest absolute Gasteiger partial charge is 0.377 e. The second-order valence-corrected chi connectivity index (χ2v) is 27.3. The Morgan fingerprint density at radius 3 is 1.93 bits per heavy atom. The van der Waals surface area contributed by atoms with Crippen molar-refractivity contribution in [1.82, 2.24) is 69.3 Å². The summed E-state index contributed by atoms with van der Waals surface area (Å²) in [6, 6.07) is 17.0. The van der Waals surface area contributed by atoms with Crippen LogP contribution in [0.25, 0.3) is 33.1 Å². The van der Waals surface area contributed by atoms with E-state index in [9.17, 15) is 32.4 Å². The number of benzene rings is 3. The van der Waals surface area contributed by atoms with Crippen LogP contribution in [0.5, 0.6) is 0 Å². The van der Waals surface area contributed by atoms with Gasteiger partial charge in [0.1, 0.15) is 17.2 Å². The molecule has 0 saturated carbocycles. The molecule has 29 nitrogen and oxygen atoms in total. The van der Waals surface area contributed by atoms with Gasteiger partial charge in [0.2, 0.25) is 21.8 Å². The Hall–Kier alpha value is -7.92. The number of unbranched alkanes of at least 4 members (excludes halogenated alkanes) is 2. The molecule has 0 spiro atoms. The molecule has 4 aromatic heterocycles. The van der Waals surface area contributed by atoms with E-state index in [4.69, 9.17) is 34.2 Å². The number of thioether (sulfide) groups is 1. The summed E-state index contributed by atoms with van der Waals surface area (Å²) < 4.78 is 85.2. The van der Waals surface area contributed by atoms with E-state index in [1.54, 1.807) is 90.1 Å². The fraction of sp³-hybridized carbons (Fsp3) is 0.530. The third kappa shape index (κ3) is 20.8. The first-order valence-electron chi connectivity index (χ1n) is 33.2. The molecule has 0 bridgehead atoms. The van der Waals surface area contributed by atoms with Crippen molar-refractivity contribution in [3.8, 4) is 11.1 Å². The van der Waals surface area contributed by atoms with E-state index in [0.717, 1.165) is 42.2 Å². The fourth-order valence-electron chi connectivity index (χ4n) is 11.5. The molecule has 2 unspecified atom stereocenters. The maximum atomic E-state index is 15.2. The van der Waals surface area contributed by atoms with Crippen molar-refractivity contribution < 1.29 is 60.4 Å². The quantitative estimate of drug-likeness (QED) is 0.0225. The Kier molecular flexibility index (Phi) is 28.3. The minimum absolute atomic E-state index is 0.00548. The van der Waals surface area contributed by atoms with Gasteiger partial charge in [0.25, 0.3) is 5.91 Å². The monoisotopic (exact) mass is 1400 g/mol. The Bertz CT molecular complexity index is 4000. The van der Waals surface area contributed by atoms with Crippen LogP contribution < -0.4 is 38.0 Å². The fourth-order valence-corrected chi connectivity index (χ4v) is 14.0. The third-order valence-electron chi connectivity index (χ3n) is 16.6. The third-order valence-corrected chi connectivity index (χ3v) is 19.9. The molecule has 5 amide bonds. The van der Waals surface area contributed by atoms with Gasteiger partial charge in [-0.05, 0) is 86.4 Å². The highest BCUT2D eigenvalue weighted by atomic mass is 32.2. The van der Waals surface area contributed by atoms with Crippen molar-refractivity contribution in [3.63, 3.8) is 0 Å². The zero-order valence-corrected chi connectivity index (χ0v) is 57.7. The molecule has 7 N–H and O–H groups in total. The number of imidazole rings is 1. The number of aromatic nitrogens is 9. The van der Waals surface area contributed by atoms with E-state index >= 15 is 4.39 Å². The van der Waals surface area contributed by atoms with Gasteiger partial charge in [0, 0.05) is 91.0 Å². The minimum atomic E-state index is -3.83. The number of sulfonamides is 1. The molecule has 9 rings (SSSR count). The van der Waals surface area contributed by atoms with Gasteiger partial charge in [-0.2, -0.15) is 11.8 Å². The predicted octanol–water partition coefficient (Wildman–Crippen LogP) is 4.58. The zero-order valence-electron chi connectivity index (χ0n) is 56.1. The van der Waals surface area contributed by atoms with Crippen molar-refractivity contribution in [2.75, 3.05) is 124 Å². The standard InChI is InChI=1S/C66H91FN16O13S2/c1-5-6-13-60(84)69-21-25-91-29-33-95-35-31-93-27-23-79-41-51(74-76-79)43-82-57-18-16-50(71-64(86)48-15-17-56-54(38-48)62(46(2)81(56)40-49(67)19-20-68)47-10-9-11-53(37-47)98(89,90)78(3)4)39-58(57)83(66(82)88)44-52-42-80(77-75-52)24-28-94-32-36-96-34-30-92-26-22-70-61(85)14-8-7-12-59-63-55(45-97-59)72-65(87)73-63/h9-11,15-19,37-39,41-42,55,59,63H,5-8,12-14,20-36,40,43-45,68H2,1-4H3,(H,69,84)(H,70,85)(H,71,86)(H2,72,73,87)/b49-19-/t55?,59-,63?/m0/s1. The lowest BCUT2D eigenvalue weighted by Crippen LogP contribution is -2.36. The minimum Gasteiger partial charge on any atom is -0.377 e. The molecule has 2 aliphatic heterocycles. The van der Waals surface area contributed by atoms with Gasteiger partial charge in [-0.25, -0.2) is 36.1 Å². The average molecular weight is 1400 g/mol. The summed E-state index contributed by atoms with van der Waals surface area (Å²) >= 11 is 1.88. The van der Waals surface area contributed by atoms with Crippen LogP contribution in [0.1, 0.15) is 79.3 Å². The maximum absolute atomic E-state index is 15.2. The van der Waals surface area contributed by atoms with Crippen molar-refractivity contribution in [2.45, 2.75) is 114 Å². The summed E-state index contributed by atoms with van der Waals surface area (Å²) in [6.45, 7) is 9.68. The number of nitrogens with zero attached hydrogens (tertiary/aromatic N) is 10. The molecule has 7 aromatic rings. The molecule has 0 radical (unpaired) electrons. The van der Waals surface area contributed by atoms with Crippen LogP contribution in [-0.2, 0) is 80.8 Å². The van der Waals surface area contributed by atoms with E-state index in [2.05, 4.69) is 47.2 Å². The highest BCUT2D eigenvalue weighted by molar-refractivity contribution is 8.00. The van der Waals surface area contributed by atoms with Crippen molar-refractivity contribution in [2.24, 2.45) is 5.73 Å². The first-order chi connectivity index (χ1) is 47.5. The van der Waals surface area contributed by atoms with E-state index in [1.807, 2.05) is 25.6 Å². The lowest BCUT2D eigenvalue weighted by Gasteiger charge is -2.16. The van der Waals surface area contributed by atoms with Crippen LogP contribution in [0.3, 0.4) is 0 Å². The van der Waals surface area contributed by atoms with Gasteiger partial charge < -0.3 is 65.3 Å². The number of amides is 5. The maximum Gasteiger partial charge on any atom is 0.329 e. The first kappa shape index (κ1) is 74.3. The number of halogens is 1. The summed E-state index contributed by atoms with van der Waals surface area (Å²) in [7, 11) is -0.925. The number of hydrogen-bond donors (Lipinski definition) is 6. The second-order valence-electron chi connectivity index (χ2n) is 23.9. The van der Waals surface area contributed by atoms with Crippen molar-refractivity contribution >= 4 is 73.2 Å². The molecule has 3 atom stereocenters. The van der Waals surface area contributed by atoms with Crippen LogP contribution in [0.4, 0.5) is 14.9 Å². The average Bonchev–Trinajstić information content (AvgIpc) is 1.60. The number of anilines is 1. The molecule has 2 fully saturated rings. The number of carbonyl (C=O) groups is 4. The van der Waals surface area contributed by atoms with Gasteiger partial charge in [-0.1, -0.05) is 42.3 Å². The number of ether oxygens (including phenoxy) is 6. The number of urea groups is 1. The molecule has 532 valence electrons. The SMILES string of the molecule is CCCCC(=O)NCCOCCOCCOCCn1cc(Cn2c(=O)n(Cc3cn(CCOCCOCCOCCNC(=O)CCCC[C@@H]4SCC5NC(=O)NC54)nn3)c3cc(NC(=O)c4ccc5c(c4)c(-c4cccc(S(=O)(=O)N(C)C)c4)c(C)n5C/C(F)=C/CN)ccc32)nn1. The van der Waals surface area contributed by atoms with Gasteiger partial charge in [0.05, 0.1) is 152 Å². The number of hydrogen-bond acceptors (Lipinski definition) is 19. The summed E-state index contributed by atoms with van der Waals surface area (Å²) in [5, 5.41) is 33.1. The lowest BCUT2D eigenvalue weighted by molar-refractivity contribution is -0.122. The normalized spacial score (nSPS) is 15.6. The van der Waals surface area contributed by atoms with E-state index in [0.29, 0.717) is 179 Å². The van der Waals surface area contributed by atoms with Gasteiger partial charge in [-0.3, -0.25) is 23.5 Å². The van der Waals surface area contributed by atoms with Crippen LogP contribution in [-0.4, -0.2) is 216 Å². The lowest BCUT2D eigenvalue weighted by atomic mass is 10.0. The molecule has 0 aliphatic carbocycles. The van der Waals surface area contributed by atoms with Crippen molar-refractivity contribution in [1.29, 1.82) is 0 Å². The number of allylic oxidation sites excluding steroid dienone is 1. The van der Waals surface area contributed by atoms with Crippen LogP contribution in [0.2, 0.25) is 0 Å². The Labute approximate surface area is 573 Å². The van der Waals surface area contributed by atoms with Gasteiger partial charge >= 0.3 is 11.7 Å². The number of carbonyl (C=O) groups excluding carboxylic acids is 4. The van der Waals surface area contributed by atoms with Gasteiger partial charge in [-0.15, -0.1) is 10.2 Å². The number of fused-ring (bicyclic) bond motifs is 3. The van der Waals surface area contributed by atoms with Crippen LogP contribution >= 0.6 is 11.8 Å². The number of rotatable bonds is 44. The molecular weight excluding hydrogens is 1310 g/mol. The first-order valence-corrected chi connectivity index (χ1v) is 35.7. The Balaban J connectivity index is 0.794.